The van der Waals surface area contributed by atoms with Crippen molar-refractivity contribution in [3.63, 3.8) is 0 Å². The van der Waals surface area contributed by atoms with Gasteiger partial charge in [-0.1, -0.05) is 55.2 Å². The normalized spacial score (nSPS) is 26.6. The molecular weight excluding hydrogens is 483 g/mol. The number of rotatable bonds is 5. The van der Waals surface area contributed by atoms with Crippen LogP contribution in [0.25, 0.3) is 11.1 Å². The monoisotopic (exact) mass is 515 g/mol. The average molecular weight is 516 g/mol. The van der Waals surface area contributed by atoms with E-state index in [1.165, 1.54) is 5.56 Å². The summed E-state index contributed by atoms with van der Waals surface area (Å²) < 4.78 is 5.77. The Balaban J connectivity index is 1.50. The van der Waals surface area contributed by atoms with Crippen LogP contribution in [0.3, 0.4) is 0 Å². The summed E-state index contributed by atoms with van der Waals surface area (Å²) in [7, 11) is 0. The maximum atomic E-state index is 12.6. The second kappa shape index (κ2) is 9.17. The molecule has 1 amide bonds. The topological polar surface area (TPSA) is 55.8 Å². The van der Waals surface area contributed by atoms with Gasteiger partial charge < -0.3 is 24.4 Å². The van der Waals surface area contributed by atoms with E-state index in [1.54, 1.807) is 4.90 Å². The maximum absolute atomic E-state index is 12.6. The first-order chi connectivity index (χ1) is 16.5. The first-order valence-electron chi connectivity index (χ1n) is 12.6. The largest absolute Gasteiger partial charge is 0.530 e. The summed E-state index contributed by atoms with van der Waals surface area (Å²) in [5.41, 5.74) is 3.92. The molecule has 2 aromatic rings. The molecule has 2 bridgehead atoms. The van der Waals surface area contributed by atoms with E-state index in [4.69, 9.17) is 27.9 Å². The molecule has 0 unspecified atom stereocenters. The van der Waals surface area contributed by atoms with Gasteiger partial charge in [-0.3, -0.25) is 0 Å². The highest BCUT2D eigenvalue weighted by Crippen LogP contribution is 2.51. The van der Waals surface area contributed by atoms with Crippen molar-refractivity contribution in [1.29, 1.82) is 0 Å². The minimum Gasteiger partial charge on any atom is -0.530 e. The number of nitrogens with zero attached hydrogens (tertiary/aromatic N) is 2. The number of carbonyl (C=O) groups excluding carboxylic acids is 1. The van der Waals surface area contributed by atoms with Crippen molar-refractivity contribution >= 4 is 29.3 Å². The number of halogens is 2. The molecule has 3 aliphatic heterocycles. The fourth-order valence-electron chi connectivity index (χ4n) is 6.50. The molecule has 188 valence electrons. The fraction of sp³-hybridized carbons (Fsp3) is 0.536. The van der Waals surface area contributed by atoms with Gasteiger partial charge in [-0.05, 0) is 91.9 Å². The molecule has 3 saturated heterocycles. The Morgan fingerprint density at radius 2 is 1.77 bits per heavy atom. The number of carbonyl (C=O) groups is 1. The van der Waals surface area contributed by atoms with E-state index in [1.807, 2.05) is 32.0 Å². The fourth-order valence-corrected chi connectivity index (χ4v) is 7.07. The van der Waals surface area contributed by atoms with Crippen molar-refractivity contribution < 1.29 is 14.6 Å². The van der Waals surface area contributed by atoms with Gasteiger partial charge in [0.05, 0.1) is 22.2 Å². The van der Waals surface area contributed by atoms with Crippen LogP contribution < -0.4 is 9.84 Å². The summed E-state index contributed by atoms with van der Waals surface area (Å²) in [6.07, 6.45) is 1.83. The van der Waals surface area contributed by atoms with Crippen molar-refractivity contribution in [2.24, 2.45) is 11.3 Å². The highest BCUT2D eigenvalue weighted by molar-refractivity contribution is 6.37. The van der Waals surface area contributed by atoms with Crippen LogP contribution in [0.1, 0.15) is 57.7 Å². The molecule has 0 aromatic heterocycles. The molecular formula is C28H33Cl2N2O3-. The van der Waals surface area contributed by atoms with Gasteiger partial charge in [0.2, 0.25) is 0 Å². The smallest absolute Gasteiger partial charge is 0.156 e. The maximum Gasteiger partial charge on any atom is 0.156 e. The summed E-state index contributed by atoms with van der Waals surface area (Å²) in [6, 6.07) is 9.81. The molecule has 3 heterocycles. The van der Waals surface area contributed by atoms with E-state index in [0.717, 1.165) is 55.6 Å². The van der Waals surface area contributed by atoms with Crippen LogP contribution in [-0.2, 0) is 6.42 Å². The summed E-state index contributed by atoms with van der Waals surface area (Å²) in [4.78, 5) is 16.7. The van der Waals surface area contributed by atoms with Gasteiger partial charge in [-0.2, -0.15) is 0 Å². The van der Waals surface area contributed by atoms with Crippen molar-refractivity contribution in [2.45, 2.75) is 65.1 Å². The molecule has 5 nitrogen and oxygen atoms in total. The lowest BCUT2D eigenvalue weighted by Crippen LogP contribution is -2.62. The summed E-state index contributed by atoms with van der Waals surface area (Å²) in [5.74, 6) is 0.907. The van der Waals surface area contributed by atoms with Crippen molar-refractivity contribution in [3.05, 3.63) is 51.5 Å². The summed E-state index contributed by atoms with van der Waals surface area (Å²) in [6.45, 7) is 11.2. The standard InChI is InChI=1S/C28H34Cl2N2O3/c1-16(2)35-25-22(29)12-19(13-23(25)30)18-5-6-21-20(11-18)14-28(3,4)26(21)32(27(33)34)24-15-31-9-7-17(24)8-10-31/h5-6,11-13,16-17,24,26H,7-10,14-15H2,1-4H3,(H,33,34)/p-1/t24-,26+/m1/s1. The first kappa shape index (κ1) is 24.7. The zero-order valence-electron chi connectivity index (χ0n) is 20.8. The molecule has 4 aliphatic rings. The summed E-state index contributed by atoms with van der Waals surface area (Å²) >= 11 is 13.0. The van der Waals surface area contributed by atoms with E-state index in [0.29, 0.717) is 21.7 Å². The number of ether oxygens (including phenoxy) is 1. The molecule has 35 heavy (non-hydrogen) atoms. The molecule has 0 radical (unpaired) electrons. The Labute approximate surface area is 218 Å². The van der Waals surface area contributed by atoms with Crippen LogP contribution in [-0.4, -0.2) is 47.7 Å². The number of amides is 1. The summed E-state index contributed by atoms with van der Waals surface area (Å²) in [5, 5.41) is 13.5. The molecule has 0 N–H and O–H groups in total. The third kappa shape index (κ3) is 4.52. The van der Waals surface area contributed by atoms with E-state index in [2.05, 4.69) is 30.9 Å². The third-order valence-corrected chi connectivity index (χ3v) is 8.54. The Kier molecular flexibility index (Phi) is 6.48. The molecule has 2 atom stereocenters. The van der Waals surface area contributed by atoms with Crippen molar-refractivity contribution in [1.82, 2.24) is 9.80 Å². The van der Waals surface area contributed by atoms with Gasteiger partial charge in [0.15, 0.2) is 5.75 Å². The first-order valence-corrected chi connectivity index (χ1v) is 13.3. The van der Waals surface area contributed by atoms with Gasteiger partial charge in [-0.15, -0.1) is 0 Å². The molecule has 6 rings (SSSR count). The minimum atomic E-state index is -1.06. The lowest BCUT2D eigenvalue weighted by Gasteiger charge is -2.53. The van der Waals surface area contributed by atoms with Gasteiger partial charge in [0.1, 0.15) is 6.09 Å². The van der Waals surface area contributed by atoms with Crippen molar-refractivity contribution in [3.8, 4) is 16.9 Å². The Bertz CT molecular complexity index is 1120. The second-order valence-corrected chi connectivity index (χ2v) is 12.1. The van der Waals surface area contributed by atoms with Crippen LogP contribution in [0.2, 0.25) is 10.0 Å². The second-order valence-electron chi connectivity index (χ2n) is 11.3. The zero-order valence-corrected chi connectivity index (χ0v) is 22.3. The van der Waals surface area contributed by atoms with E-state index in [9.17, 15) is 9.90 Å². The Hall–Kier alpha value is -1.95. The predicted octanol–water partition coefficient (Wildman–Crippen LogP) is 5.81. The van der Waals surface area contributed by atoms with Gasteiger partial charge >= 0.3 is 0 Å². The van der Waals surface area contributed by atoms with Crippen LogP contribution in [0.5, 0.6) is 5.75 Å². The van der Waals surface area contributed by atoms with Gasteiger partial charge in [0, 0.05) is 12.6 Å². The zero-order chi connectivity index (χ0) is 25.1. The number of carboxylic acid groups (broad SMARTS) is 1. The van der Waals surface area contributed by atoms with Gasteiger partial charge in [0.25, 0.3) is 0 Å². The lowest BCUT2D eigenvalue weighted by atomic mass is 9.79. The van der Waals surface area contributed by atoms with E-state index >= 15 is 0 Å². The highest BCUT2D eigenvalue weighted by atomic mass is 35.5. The molecule has 0 spiro atoms. The average Bonchev–Trinajstić information content (AvgIpc) is 3.06. The number of hydrogen-bond donors (Lipinski definition) is 0. The quantitative estimate of drug-likeness (QED) is 0.503. The highest BCUT2D eigenvalue weighted by Gasteiger charge is 2.48. The van der Waals surface area contributed by atoms with E-state index < -0.39 is 6.09 Å². The predicted molar refractivity (Wildman–Crippen MR) is 138 cm³/mol. The number of hydrogen-bond acceptors (Lipinski definition) is 4. The van der Waals surface area contributed by atoms with Crippen molar-refractivity contribution in [2.75, 3.05) is 19.6 Å². The van der Waals surface area contributed by atoms with E-state index in [-0.39, 0.29) is 23.6 Å². The van der Waals surface area contributed by atoms with Crippen LogP contribution in [0, 0.1) is 11.3 Å². The molecule has 7 heteroatoms. The SMILES string of the molecule is CC(C)Oc1c(Cl)cc(-c2ccc3c(c2)CC(C)(C)[C@H]3N(C(=O)[O-])[C@@H]2CN3CCC2CC3)cc1Cl. The Morgan fingerprint density at radius 3 is 2.31 bits per heavy atom. The number of fused-ring (bicyclic) bond motifs is 4. The van der Waals surface area contributed by atoms with Crippen LogP contribution in [0.4, 0.5) is 4.79 Å². The molecule has 3 fully saturated rings. The van der Waals surface area contributed by atoms with Crippen LogP contribution >= 0.6 is 23.2 Å². The molecule has 1 aliphatic carbocycles. The number of benzene rings is 2. The minimum absolute atomic E-state index is 0.0106. The Morgan fingerprint density at radius 1 is 1.11 bits per heavy atom. The lowest BCUT2D eigenvalue weighted by molar-refractivity contribution is -0.276. The molecule has 2 aromatic carbocycles. The van der Waals surface area contributed by atoms with Gasteiger partial charge in [-0.25, -0.2) is 0 Å². The number of piperidine rings is 3. The van der Waals surface area contributed by atoms with Crippen LogP contribution in [0.15, 0.2) is 30.3 Å². The third-order valence-electron chi connectivity index (χ3n) is 7.98. The molecule has 0 saturated carbocycles.